The molecule has 0 N–H and O–H groups in total. The largest absolute Gasteiger partial charge is 0.241 e. The van der Waals surface area contributed by atoms with Crippen LogP contribution in [0.2, 0.25) is 0 Å². The summed E-state index contributed by atoms with van der Waals surface area (Å²) in [5, 5.41) is 0. The second-order valence-electron chi connectivity index (χ2n) is 2.16. The highest BCUT2D eigenvalue weighted by Gasteiger charge is 2.37. The smallest absolute Gasteiger partial charge is 0.169 e. The Kier molecular flexibility index (Phi) is 1.97. The number of hydrogen-bond donors (Lipinski definition) is 0. The molecule has 0 saturated carbocycles. The number of rotatable bonds is 0. The first-order chi connectivity index (χ1) is 4.63. The SMILES string of the molecule is FC1C=CC(F)C(F)C1F. The van der Waals surface area contributed by atoms with Gasteiger partial charge in [-0.05, 0) is 12.2 Å². The molecule has 0 fully saturated rings. The number of allylic oxidation sites excluding steroid dienone is 2. The molecular weight excluding hydrogens is 148 g/mol. The summed E-state index contributed by atoms with van der Waals surface area (Å²) < 4.78 is 48.6. The van der Waals surface area contributed by atoms with E-state index in [1.807, 2.05) is 0 Å². The fourth-order valence-corrected chi connectivity index (χ4v) is 0.776. The Labute approximate surface area is 55.5 Å². The van der Waals surface area contributed by atoms with Crippen molar-refractivity contribution < 1.29 is 17.6 Å². The van der Waals surface area contributed by atoms with Gasteiger partial charge in [0.15, 0.2) is 24.7 Å². The van der Waals surface area contributed by atoms with Gasteiger partial charge < -0.3 is 0 Å². The van der Waals surface area contributed by atoms with Crippen LogP contribution in [0.4, 0.5) is 17.6 Å². The molecule has 0 radical (unpaired) electrons. The van der Waals surface area contributed by atoms with E-state index in [1.165, 1.54) is 0 Å². The maximum Gasteiger partial charge on any atom is 0.169 e. The Hall–Kier alpha value is -0.540. The van der Waals surface area contributed by atoms with Crippen LogP contribution in [-0.4, -0.2) is 24.7 Å². The van der Waals surface area contributed by atoms with Gasteiger partial charge in [-0.3, -0.25) is 0 Å². The van der Waals surface area contributed by atoms with Gasteiger partial charge in [0.1, 0.15) is 0 Å². The molecule has 0 aromatic heterocycles. The molecule has 1 aliphatic carbocycles. The maximum absolute atomic E-state index is 12.2. The minimum Gasteiger partial charge on any atom is -0.241 e. The van der Waals surface area contributed by atoms with Crippen molar-refractivity contribution in [3.05, 3.63) is 12.2 Å². The zero-order chi connectivity index (χ0) is 7.72. The van der Waals surface area contributed by atoms with Crippen molar-refractivity contribution in [3.8, 4) is 0 Å². The van der Waals surface area contributed by atoms with Gasteiger partial charge in [-0.15, -0.1) is 0 Å². The van der Waals surface area contributed by atoms with Crippen LogP contribution in [0, 0.1) is 0 Å². The van der Waals surface area contributed by atoms with Crippen molar-refractivity contribution >= 4 is 0 Å². The Bertz CT molecular complexity index is 129. The van der Waals surface area contributed by atoms with E-state index in [9.17, 15) is 17.6 Å². The monoisotopic (exact) mass is 154 g/mol. The van der Waals surface area contributed by atoms with E-state index >= 15 is 0 Å². The first-order valence-corrected chi connectivity index (χ1v) is 2.87. The van der Waals surface area contributed by atoms with E-state index < -0.39 is 24.7 Å². The van der Waals surface area contributed by atoms with Gasteiger partial charge in [0, 0.05) is 0 Å². The highest BCUT2D eigenvalue weighted by atomic mass is 19.2. The second kappa shape index (κ2) is 2.60. The van der Waals surface area contributed by atoms with E-state index in [4.69, 9.17) is 0 Å². The lowest BCUT2D eigenvalue weighted by molar-refractivity contribution is 0.0535. The standard InChI is InChI=1S/C6H6F4/c7-3-1-2-4(8)6(10)5(3)9/h1-6H. The zero-order valence-electron chi connectivity index (χ0n) is 4.98. The van der Waals surface area contributed by atoms with Crippen molar-refractivity contribution in [1.82, 2.24) is 0 Å². The van der Waals surface area contributed by atoms with Crippen molar-refractivity contribution in [2.45, 2.75) is 24.7 Å². The molecule has 0 heterocycles. The minimum absolute atomic E-state index is 0.700. The molecule has 0 aliphatic heterocycles. The van der Waals surface area contributed by atoms with Gasteiger partial charge in [-0.1, -0.05) is 0 Å². The van der Waals surface area contributed by atoms with Crippen molar-refractivity contribution in [2.24, 2.45) is 0 Å². The van der Waals surface area contributed by atoms with Gasteiger partial charge in [0.05, 0.1) is 0 Å². The van der Waals surface area contributed by atoms with Gasteiger partial charge in [-0.2, -0.15) is 0 Å². The summed E-state index contributed by atoms with van der Waals surface area (Å²) in [6, 6.07) is 0. The van der Waals surface area contributed by atoms with Gasteiger partial charge >= 0.3 is 0 Å². The van der Waals surface area contributed by atoms with Crippen LogP contribution >= 0.6 is 0 Å². The van der Waals surface area contributed by atoms with Crippen LogP contribution in [0.1, 0.15) is 0 Å². The average Bonchev–Trinajstić information content (AvgIpc) is 1.93. The maximum atomic E-state index is 12.2. The number of hydrogen-bond acceptors (Lipinski definition) is 0. The second-order valence-corrected chi connectivity index (χ2v) is 2.16. The molecule has 1 aliphatic rings. The van der Waals surface area contributed by atoms with Crippen molar-refractivity contribution in [3.63, 3.8) is 0 Å². The molecule has 10 heavy (non-hydrogen) atoms. The molecule has 4 unspecified atom stereocenters. The molecule has 4 heteroatoms. The van der Waals surface area contributed by atoms with Gasteiger partial charge in [-0.25, -0.2) is 17.6 Å². The predicted molar refractivity (Wildman–Crippen MR) is 28.7 cm³/mol. The third-order valence-electron chi connectivity index (χ3n) is 1.39. The summed E-state index contributed by atoms with van der Waals surface area (Å²) in [5.41, 5.74) is 0. The lowest BCUT2D eigenvalue weighted by Crippen LogP contribution is -2.36. The quantitative estimate of drug-likeness (QED) is 0.369. The summed E-state index contributed by atoms with van der Waals surface area (Å²) in [4.78, 5) is 0. The van der Waals surface area contributed by atoms with Crippen LogP contribution in [-0.2, 0) is 0 Å². The number of halogens is 4. The Morgan fingerprint density at radius 1 is 0.700 bits per heavy atom. The van der Waals surface area contributed by atoms with E-state index in [1.54, 1.807) is 0 Å². The summed E-state index contributed by atoms with van der Waals surface area (Å²) >= 11 is 0. The zero-order valence-corrected chi connectivity index (χ0v) is 4.98. The Morgan fingerprint density at radius 3 is 1.30 bits per heavy atom. The molecule has 0 spiro atoms. The topological polar surface area (TPSA) is 0 Å². The molecule has 0 aromatic carbocycles. The van der Waals surface area contributed by atoms with E-state index in [0.29, 0.717) is 12.2 Å². The van der Waals surface area contributed by atoms with E-state index in [-0.39, 0.29) is 0 Å². The van der Waals surface area contributed by atoms with Gasteiger partial charge in [0.2, 0.25) is 0 Å². The summed E-state index contributed by atoms with van der Waals surface area (Å²) in [6.45, 7) is 0. The molecule has 58 valence electrons. The molecular formula is C6H6F4. The lowest BCUT2D eigenvalue weighted by atomic mass is 10.0. The van der Waals surface area contributed by atoms with Gasteiger partial charge in [0.25, 0.3) is 0 Å². The van der Waals surface area contributed by atoms with Crippen LogP contribution in [0.3, 0.4) is 0 Å². The van der Waals surface area contributed by atoms with Crippen LogP contribution < -0.4 is 0 Å². The third-order valence-corrected chi connectivity index (χ3v) is 1.39. The average molecular weight is 154 g/mol. The minimum atomic E-state index is -2.35. The highest BCUT2D eigenvalue weighted by Crippen LogP contribution is 2.23. The first-order valence-electron chi connectivity index (χ1n) is 2.87. The predicted octanol–water partition coefficient (Wildman–Crippen LogP) is 1.91. The normalized spacial score (nSPS) is 47.6. The van der Waals surface area contributed by atoms with E-state index in [0.717, 1.165) is 0 Å². The Balaban J connectivity index is 2.69. The molecule has 0 amide bonds. The molecule has 0 bridgehead atoms. The number of alkyl halides is 4. The van der Waals surface area contributed by atoms with Crippen LogP contribution in [0.5, 0.6) is 0 Å². The lowest BCUT2D eigenvalue weighted by Gasteiger charge is -2.20. The first kappa shape index (κ1) is 7.57. The highest BCUT2D eigenvalue weighted by molar-refractivity contribution is 5.08. The molecule has 0 aromatic rings. The third kappa shape index (κ3) is 1.15. The molecule has 4 atom stereocenters. The molecule has 1 rings (SSSR count). The summed E-state index contributed by atoms with van der Waals surface area (Å²) in [7, 11) is 0. The van der Waals surface area contributed by atoms with Crippen LogP contribution in [0.25, 0.3) is 0 Å². The fourth-order valence-electron chi connectivity index (χ4n) is 0.776. The fraction of sp³-hybridized carbons (Fsp3) is 0.667. The van der Waals surface area contributed by atoms with Crippen molar-refractivity contribution in [1.29, 1.82) is 0 Å². The van der Waals surface area contributed by atoms with Crippen LogP contribution in [0.15, 0.2) is 12.2 Å². The molecule has 0 saturated heterocycles. The van der Waals surface area contributed by atoms with Crippen molar-refractivity contribution in [2.75, 3.05) is 0 Å². The Morgan fingerprint density at radius 2 is 1.00 bits per heavy atom. The summed E-state index contributed by atoms with van der Waals surface area (Å²) in [5.74, 6) is 0. The molecule has 0 nitrogen and oxygen atoms in total. The summed E-state index contributed by atoms with van der Waals surface area (Å²) in [6.07, 6.45) is -7.29. The van der Waals surface area contributed by atoms with E-state index in [2.05, 4.69) is 0 Å².